The number of rotatable bonds is 4. The first kappa shape index (κ1) is 12.8. The van der Waals surface area contributed by atoms with Gasteiger partial charge < -0.3 is 10.1 Å². The van der Waals surface area contributed by atoms with Crippen LogP contribution < -0.4 is 10.1 Å². The molecule has 0 spiro atoms. The molecule has 0 saturated heterocycles. The normalized spacial score (nSPS) is 10.0. The van der Waals surface area contributed by atoms with E-state index >= 15 is 0 Å². The summed E-state index contributed by atoms with van der Waals surface area (Å²) < 4.78 is 17.8. The summed E-state index contributed by atoms with van der Waals surface area (Å²) in [5.74, 6) is 0.126. The standard InChI is InChI=1S/C13H11FN2O3/c1-19-11-6-7-13(16(17)18)12(8-11)15-10-4-2-9(14)3-5-10/h2-8,15H,1H3. The molecule has 0 heterocycles. The monoisotopic (exact) mass is 262 g/mol. The van der Waals surface area contributed by atoms with Crippen molar-refractivity contribution in [2.45, 2.75) is 0 Å². The molecule has 2 rings (SSSR count). The molecule has 0 atom stereocenters. The van der Waals surface area contributed by atoms with Crippen LogP contribution in [0.2, 0.25) is 0 Å². The Bertz CT molecular complexity index is 599. The minimum Gasteiger partial charge on any atom is -0.497 e. The van der Waals surface area contributed by atoms with Gasteiger partial charge in [-0.05, 0) is 30.3 Å². The lowest BCUT2D eigenvalue weighted by atomic mass is 10.2. The number of anilines is 2. The van der Waals surface area contributed by atoms with Gasteiger partial charge in [-0.2, -0.15) is 0 Å². The number of nitrogens with one attached hydrogen (secondary N) is 1. The molecule has 5 nitrogen and oxygen atoms in total. The Kier molecular flexibility index (Phi) is 3.61. The lowest BCUT2D eigenvalue weighted by Crippen LogP contribution is -1.98. The molecule has 0 amide bonds. The summed E-state index contributed by atoms with van der Waals surface area (Å²) in [6.07, 6.45) is 0. The average Bonchev–Trinajstić information content (AvgIpc) is 2.41. The van der Waals surface area contributed by atoms with Crippen molar-refractivity contribution < 1.29 is 14.1 Å². The van der Waals surface area contributed by atoms with Crippen LogP contribution >= 0.6 is 0 Å². The van der Waals surface area contributed by atoms with Crippen molar-refractivity contribution >= 4 is 17.1 Å². The van der Waals surface area contributed by atoms with E-state index in [1.165, 1.54) is 49.6 Å². The zero-order valence-corrected chi connectivity index (χ0v) is 10.1. The molecule has 1 N–H and O–H groups in total. The molecule has 2 aromatic carbocycles. The summed E-state index contributed by atoms with van der Waals surface area (Å²) >= 11 is 0. The summed E-state index contributed by atoms with van der Waals surface area (Å²) in [6.45, 7) is 0. The second kappa shape index (κ2) is 5.34. The third kappa shape index (κ3) is 2.98. The van der Waals surface area contributed by atoms with Crippen molar-refractivity contribution in [3.05, 3.63) is 58.4 Å². The maximum Gasteiger partial charge on any atom is 0.292 e. The molecule has 0 radical (unpaired) electrons. The summed E-state index contributed by atoms with van der Waals surface area (Å²) in [4.78, 5) is 10.4. The minimum absolute atomic E-state index is 0.0786. The Labute approximate surface area is 108 Å². The highest BCUT2D eigenvalue weighted by Crippen LogP contribution is 2.31. The number of halogens is 1. The number of nitro groups is 1. The number of methoxy groups -OCH3 is 1. The molecule has 98 valence electrons. The zero-order chi connectivity index (χ0) is 13.8. The van der Waals surface area contributed by atoms with Crippen LogP contribution in [0.25, 0.3) is 0 Å². The minimum atomic E-state index is -0.495. The molecule has 0 aliphatic carbocycles. The van der Waals surface area contributed by atoms with E-state index in [1.54, 1.807) is 0 Å². The first-order chi connectivity index (χ1) is 9.10. The Morgan fingerprint density at radius 2 is 1.89 bits per heavy atom. The molecule has 0 aromatic heterocycles. The second-order valence-corrected chi connectivity index (χ2v) is 3.77. The molecule has 19 heavy (non-hydrogen) atoms. The fourth-order valence-electron chi connectivity index (χ4n) is 1.59. The van der Waals surface area contributed by atoms with Crippen LogP contribution in [0.5, 0.6) is 5.75 Å². The van der Waals surface area contributed by atoms with Crippen LogP contribution in [0.3, 0.4) is 0 Å². The third-order valence-electron chi connectivity index (χ3n) is 2.52. The predicted molar refractivity (Wildman–Crippen MR) is 69.3 cm³/mol. The van der Waals surface area contributed by atoms with Crippen molar-refractivity contribution in [1.29, 1.82) is 0 Å². The smallest absolute Gasteiger partial charge is 0.292 e. The van der Waals surface area contributed by atoms with Crippen molar-refractivity contribution in [2.24, 2.45) is 0 Å². The van der Waals surface area contributed by atoms with Crippen LogP contribution in [0.15, 0.2) is 42.5 Å². The Morgan fingerprint density at radius 1 is 1.21 bits per heavy atom. The topological polar surface area (TPSA) is 64.4 Å². The summed E-state index contributed by atoms with van der Waals surface area (Å²) in [6, 6.07) is 9.92. The number of nitrogens with zero attached hydrogens (tertiary/aromatic N) is 1. The van der Waals surface area contributed by atoms with Crippen molar-refractivity contribution in [2.75, 3.05) is 12.4 Å². The fraction of sp³-hybridized carbons (Fsp3) is 0.0769. The number of hydrogen-bond acceptors (Lipinski definition) is 4. The number of ether oxygens (including phenoxy) is 1. The highest BCUT2D eigenvalue weighted by Gasteiger charge is 2.14. The van der Waals surface area contributed by atoms with Gasteiger partial charge >= 0.3 is 0 Å². The molecule has 0 aliphatic heterocycles. The Balaban J connectivity index is 2.36. The quantitative estimate of drug-likeness (QED) is 0.676. The molecule has 0 fully saturated rings. The highest BCUT2D eigenvalue weighted by atomic mass is 19.1. The number of benzene rings is 2. The maximum atomic E-state index is 12.8. The van der Waals surface area contributed by atoms with Crippen molar-refractivity contribution in [3.8, 4) is 5.75 Å². The van der Waals surface area contributed by atoms with Gasteiger partial charge in [0.2, 0.25) is 0 Å². The lowest BCUT2D eigenvalue weighted by Gasteiger charge is -2.08. The second-order valence-electron chi connectivity index (χ2n) is 3.77. The molecule has 0 unspecified atom stereocenters. The van der Waals surface area contributed by atoms with Gasteiger partial charge in [0.1, 0.15) is 17.3 Å². The van der Waals surface area contributed by atoms with Crippen molar-refractivity contribution in [1.82, 2.24) is 0 Å². The average molecular weight is 262 g/mol. The van der Waals surface area contributed by atoms with Gasteiger partial charge in [-0.3, -0.25) is 10.1 Å². The number of nitro benzene ring substituents is 1. The van der Waals surface area contributed by atoms with Crippen LogP contribution in [-0.4, -0.2) is 12.0 Å². The first-order valence-electron chi connectivity index (χ1n) is 5.45. The van der Waals surface area contributed by atoms with Gasteiger partial charge in [0, 0.05) is 17.8 Å². The molecular weight excluding hydrogens is 251 g/mol. The van der Waals surface area contributed by atoms with E-state index in [1.807, 2.05) is 0 Å². The van der Waals surface area contributed by atoms with E-state index < -0.39 is 4.92 Å². The molecule has 2 aromatic rings. The van der Waals surface area contributed by atoms with Gasteiger partial charge in [0.05, 0.1) is 12.0 Å². The lowest BCUT2D eigenvalue weighted by molar-refractivity contribution is -0.383. The third-order valence-corrected chi connectivity index (χ3v) is 2.52. The van der Waals surface area contributed by atoms with Crippen molar-refractivity contribution in [3.63, 3.8) is 0 Å². The van der Waals surface area contributed by atoms with Gasteiger partial charge in [0.25, 0.3) is 5.69 Å². The van der Waals surface area contributed by atoms with Crippen LogP contribution in [0.4, 0.5) is 21.5 Å². The molecule has 0 bridgehead atoms. The van der Waals surface area contributed by atoms with Crippen LogP contribution in [-0.2, 0) is 0 Å². The van der Waals surface area contributed by atoms with Crippen LogP contribution in [0.1, 0.15) is 0 Å². The van der Waals surface area contributed by atoms with E-state index in [9.17, 15) is 14.5 Å². The van der Waals surface area contributed by atoms with E-state index in [-0.39, 0.29) is 17.2 Å². The Morgan fingerprint density at radius 3 is 2.47 bits per heavy atom. The largest absolute Gasteiger partial charge is 0.497 e. The number of hydrogen-bond donors (Lipinski definition) is 1. The van der Waals surface area contributed by atoms with E-state index in [2.05, 4.69) is 5.32 Å². The zero-order valence-electron chi connectivity index (χ0n) is 10.1. The first-order valence-corrected chi connectivity index (χ1v) is 5.45. The maximum absolute atomic E-state index is 12.8. The molecular formula is C13H11FN2O3. The summed E-state index contributed by atoms with van der Waals surface area (Å²) in [5, 5.41) is 13.8. The van der Waals surface area contributed by atoms with E-state index in [0.29, 0.717) is 11.4 Å². The summed E-state index contributed by atoms with van der Waals surface area (Å²) in [7, 11) is 1.48. The van der Waals surface area contributed by atoms with Gasteiger partial charge in [-0.25, -0.2) is 4.39 Å². The Hall–Kier alpha value is -2.63. The van der Waals surface area contributed by atoms with Gasteiger partial charge in [-0.1, -0.05) is 0 Å². The van der Waals surface area contributed by atoms with Gasteiger partial charge in [0.15, 0.2) is 0 Å². The molecule has 0 saturated carbocycles. The van der Waals surface area contributed by atoms with Crippen LogP contribution in [0, 0.1) is 15.9 Å². The summed E-state index contributed by atoms with van der Waals surface area (Å²) in [5.41, 5.74) is 0.763. The SMILES string of the molecule is COc1ccc([N+](=O)[O-])c(Nc2ccc(F)cc2)c1. The van der Waals surface area contributed by atoms with Gasteiger partial charge in [-0.15, -0.1) is 0 Å². The van der Waals surface area contributed by atoms with E-state index in [0.717, 1.165) is 0 Å². The fourth-order valence-corrected chi connectivity index (χ4v) is 1.59. The molecule has 6 heteroatoms. The predicted octanol–water partition coefficient (Wildman–Crippen LogP) is 3.49. The molecule has 0 aliphatic rings. The highest BCUT2D eigenvalue weighted by molar-refractivity contribution is 5.71. The van der Waals surface area contributed by atoms with E-state index in [4.69, 9.17) is 4.74 Å².